The van der Waals surface area contributed by atoms with Gasteiger partial charge in [-0.15, -0.1) is 6.58 Å². The van der Waals surface area contributed by atoms with E-state index in [1.807, 2.05) is 55.4 Å². The van der Waals surface area contributed by atoms with Gasteiger partial charge in [0.25, 0.3) is 0 Å². The predicted molar refractivity (Wildman–Crippen MR) is 268 cm³/mol. The van der Waals surface area contributed by atoms with Gasteiger partial charge in [0.2, 0.25) is 0 Å². The van der Waals surface area contributed by atoms with E-state index >= 15 is 0 Å². The van der Waals surface area contributed by atoms with Gasteiger partial charge in [-0.25, -0.2) is 0 Å². The van der Waals surface area contributed by atoms with Crippen LogP contribution in [0.3, 0.4) is 0 Å². The molecule has 0 rings (SSSR count). The van der Waals surface area contributed by atoms with Crippen LogP contribution in [-0.2, 0) is 0 Å². The highest BCUT2D eigenvalue weighted by Gasteiger charge is 2.31. The highest BCUT2D eigenvalue weighted by molar-refractivity contribution is 5.01. The minimum atomic E-state index is -0.908. The van der Waals surface area contributed by atoms with E-state index in [9.17, 15) is 46.0 Å². The first-order chi connectivity index (χ1) is 29.0. The van der Waals surface area contributed by atoms with Crippen LogP contribution in [0.1, 0.15) is 263 Å². The zero-order valence-electron chi connectivity index (χ0n) is 43.8. The van der Waals surface area contributed by atoms with Crippen molar-refractivity contribution in [3.05, 3.63) is 36.0 Å². The minimum Gasteiger partial charge on any atom is -0.390 e. The molecule has 0 aliphatic heterocycles. The number of rotatable bonds is 39. The largest absolute Gasteiger partial charge is 0.390 e. The summed E-state index contributed by atoms with van der Waals surface area (Å²) in [5.41, 5.74) is -5.19. The van der Waals surface area contributed by atoms with Crippen LogP contribution in [0.2, 0.25) is 0 Å². The fourth-order valence-electron chi connectivity index (χ4n) is 9.19. The average molecular weight is 911 g/mol. The zero-order valence-corrected chi connectivity index (χ0v) is 43.8. The molecule has 9 N–H and O–H groups in total. The number of aliphatic hydroxyl groups is 9. The van der Waals surface area contributed by atoms with E-state index < -0.39 is 50.4 Å². The Morgan fingerprint density at radius 1 is 0.328 bits per heavy atom. The third kappa shape index (κ3) is 35.1. The van der Waals surface area contributed by atoms with E-state index in [2.05, 4.69) is 39.5 Å². The van der Waals surface area contributed by atoms with Crippen molar-refractivity contribution >= 4 is 0 Å². The van der Waals surface area contributed by atoms with Crippen LogP contribution in [0.4, 0.5) is 0 Å². The molecule has 0 radical (unpaired) electrons. The molecular weight excluding hydrogens is 805 g/mol. The van der Waals surface area contributed by atoms with Crippen molar-refractivity contribution in [1.29, 1.82) is 0 Å². The van der Waals surface area contributed by atoms with Crippen LogP contribution in [0.15, 0.2) is 36.0 Å². The van der Waals surface area contributed by atoms with Crippen LogP contribution < -0.4 is 0 Å². The summed E-state index contributed by atoms with van der Waals surface area (Å²) in [7, 11) is 0. The molecular formula is C55H106O9. The molecule has 0 bridgehead atoms. The van der Waals surface area contributed by atoms with Crippen molar-refractivity contribution in [3.63, 3.8) is 0 Å². The molecule has 9 atom stereocenters. The van der Waals surface area contributed by atoms with Crippen molar-refractivity contribution in [2.75, 3.05) is 0 Å². The monoisotopic (exact) mass is 911 g/mol. The highest BCUT2D eigenvalue weighted by atomic mass is 16.3. The summed E-state index contributed by atoms with van der Waals surface area (Å²) < 4.78 is 0. The summed E-state index contributed by atoms with van der Waals surface area (Å²) in [6.07, 6.45) is 24.2. The van der Waals surface area contributed by atoms with Gasteiger partial charge < -0.3 is 46.0 Å². The molecule has 64 heavy (non-hydrogen) atoms. The Hall–Kier alpha value is -1.14. The van der Waals surface area contributed by atoms with Crippen molar-refractivity contribution in [3.8, 4) is 0 Å². The maximum absolute atomic E-state index is 11.1. The second-order valence-corrected chi connectivity index (χ2v) is 23.8. The van der Waals surface area contributed by atoms with Gasteiger partial charge in [-0.1, -0.05) is 29.4 Å². The molecule has 9 nitrogen and oxygen atoms in total. The third-order valence-electron chi connectivity index (χ3n) is 14.1. The number of allylic oxidation sites excluding steroid dienone is 4. The van der Waals surface area contributed by atoms with Crippen LogP contribution in [0.5, 0.6) is 0 Å². The second-order valence-electron chi connectivity index (χ2n) is 23.8. The molecule has 0 saturated heterocycles. The normalized spacial score (nSPS) is 21.1. The molecule has 0 aromatic carbocycles. The maximum Gasteiger partial charge on any atom is 0.0800 e. The Kier molecular flexibility index (Phi) is 27.9. The molecule has 0 unspecified atom stereocenters. The molecule has 0 aromatic rings. The molecule has 380 valence electrons. The van der Waals surface area contributed by atoms with Crippen molar-refractivity contribution < 1.29 is 46.0 Å². The molecule has 0 heterocycles. The highest BCUT2D eigenvalue weighted by Crippen LogP contribution is 2.33. The first-order valence-corrected chi connectivity index (χ1v) is 25.5. The summed E-state index contributed by atoms with van der Waals surface area (Å²) in [4.78, 5) is 0. The lowest BCUT2D eigenvalue weighted by molar-refractivity contribution is -0.00863. The molecule has 9 heteroatoms. The summed E-state index contributed by atoms with van der Waals surface area (Å²) in [6, 6.07) is 0. The molecule has 0 fully saturated rings. The van der Waals surface area contributed by atoms with E-state index in [4.69, 9.17) is 0 Å². The zero-order chi connectivity index (χ0) is 49.6. The van der Waals surface area contributed by atoms with Crippen molar-refractivity contribution in [1.82, 2.24) is 0 Å². The Labute approximate surface area is 394 Å². The molecule has 0 aliphatic rings. The van der Waals surface area contributed by atoms with Gasteiger partial charge in [-0.2, -0.15) is 0 Å². The quantitative estimate of drug-likeness (QED) is 0.0271. The molecule has 0 spiro atoms. The van der Waals surface area contributed by atoms with Crippen molar-refractivity contribution in [2.45, 2.75) is 313 Å². The van der Waals surface area contributed by atoms with Gasteiger partial charge in [0, 0.05) is 0 Å². The third-order valence-corrected chi connectivity index (χ3v) is 14.1. The fraction of sp³-hybridized carbons (Fsp3) is 0.891. The smallest absolute Gasteiger partial charge is 0.0800 e. The maximum atomic E-state index is 11.1. The Morgan fingerprint density at radius 3 is 0.781 bits per heavy atom. The SMILES string of the molecule is C=C[C@@](C)(O)CC/C=C(\C)CCC[C@](C)(O)CCC[C@](C)(O)CCC[C@](C)(O)CCC[C@](C)(O)CCC[C@](C)(O)CCC[C@](C)(O)CCC[C@](C)(O)CCC[C@](C)(O)CCC=C(C)C. The van der Waals surface area contributed by atoms with E-state index in [1.165, 1.54) is 11.1 Å². The topological polar surface area (TPSA) is 182 Å². The minimum absolute atomic E-state index is 0.546. The van der Waals surface area contributed by atoms with E-state index in [0.717, 1.165) is 32.1 Å². The Bertz CT molecular complexity index is 1330. The van der Waals surface area contributed by atoms with Gasteiger partial charge in [-0.3, -0.25) is 0 Å². The first-order valence-electron chi connectivity index (χ1n) is 25.5. The van der Waals surface area contributed by atoms with Gasteiger partial charge in [-0.05, 0) is 263 Å². The standard InChI is InChI=1S/C55H106O9/c1-14-47(5,56)28-16-26-46(4)27-17-30-49(7,58)32-19-34-51(9,60)36-21-38-53(11,62)40-23-42-55(13,64)44-24-43-54(12,63)41-22-39-52(10,61)37-20-35-50(8,59)33-18-31-48(6,57)29-15-25-45(2)3/h14,25-26,56-64H,1,15-24,27-44H2,2-13H3/b46-26+/t47-,48-,49+,50-,51+,52-,53+,54-,55+/m1/s1. The Balaban J connectivity index is 4.43. The van der Waals surface area contributed by atoms with E-state index in [0.29, 0.717) is 148 Å². The first kappa shape index (κ1) is 62.9. The lowest BCUT2D eigenvalue weighted by Crippen LogP contribution is -2.31. The van der Waals surface area contributed by atoms with Crippen LogP contribution in [0.25, 0.3) is 0 Å². The Morgan fingerprint density at radius 2 is 0.547 bits per heavy atom. The number of hydrogen-bond acceptors (Lipinski definition) is 9. The van der Waals surface area contributed by atoms with Gasteiger partial charge >= 0.3 is 0 Å². The number of hydrogen-bond donors (Lipinski definition) is 9. The van der Waals surface area contributed by atoms with Gasteiger partial charge in [0.05, 0.1) is 50.4 Å². The average Bonchev–Trinajstić information content (AvgIpc) is 3.09. The summed E-state index contributed by atoms with van der Waals surface area (Å²) in [5.74, 6) is 0. The van der Waals surface area contributed by atoms with Crippen molar-refractivity contribution in [2.24, 2.45) is 0 Å². The fourth-order valence-corrected chi connectivity index (χ4v) is 9.19. The summed E-state index contributed by atoms with van der Waals surface area (Å²) in [5, 5.41) is 98.2. The van der Waals surface area contributed by atoms with Crippen LogP contribution >= 0.6 is 0 Å². The van der Waals surface area contributed by atoms with Crippen LogP contribution in [-0.4, -0.2) is 96.4 Å². The molecule has 0 aromatic heterocycles. The molecule has 0 saturated carbocycles. The van der Waals surface area contributed by atoms with Gasteiger partial charge in [0.15, 0.2) is 0 Å². The summed E-state index contributed by atoms with van der Waals surface area (Å²) in [6.45, 7) is 26.4. The lowest BCUT2D eigenvalue weighted by Gasteiger charge is -2.31. The molecule has 0 aliphatic carbocycles. The second kappa shape index (κ2) is 28.4. The molecule has 0 amide bonds. The van der Waals surface area contributed by atoms with E-state index in [-0.39, 0.29) is 0 Å². The van der Waals surface area contributed by atoms with Gasteiger partial charge in [0.1, 0.15) is 0 Å². The van der Waals surface area contributed by atoms with E-state index in [1.54, 1.807) is 13.0 Å². The predicted octanol–water partition coefficient (Wildman–Crippen LogP) is 11.8. The van der Waals surface area contributed by atoms with Crippen LogP contribution in [0, 0.1) is 0 Å². The lowest BCUT2D eigenvalue weighted by atomic mass is 9.83. The summed E-state index contributed by atoms with van der Waals surface area (Å²) >= 11 is 0.